The molecular weight excluding hydrogens is 360 g/mol. The predicted octanol–water partition coefficient (Wildman–Crippen LogP) is 10.2. The van der Waals surface area contributed by atoms with Gasteiger partial charge < -0.3 is 0 Å². The molecule has 168 valence electrons. The molecular formula is C30H48. The standard InChI is InChI=1S/C30H48/c1-8-30(22-12-19-28(7)17-10-15-26(4)5)23-13-21-29(24-30)20-11-18-27(6)16-9-14-25(2)3/h8,14-15,18-19,21H,1,9-13,16-17,20,22-24H2,2-7H3/b27-18+,28-19+. The second kappa shape index (κ2) is 14.4. The van der Waals surface area contributed by atoms with E-state index in [0.29, 0.717) is 5.41 Å². The molecule has 0 N–H and O–H groups in total. The molecule has 0 heterocycles. The summed E-state index contributed by atoms with van der Waals surface area (Å²) in [6, 6.07) is 0. The van der Waals surface area contributed by atoms with Gasteiger partial charge in [0, 0.05) is 0 Å². The summed E-state index contributed by atoms with van der Waals surface area (Å²) in [7, 11) is 0. The number of hydrogen-bond donors (Lipinski definition) is 0. The second-order valence-corrected chi connectivity index (χ2v) is 9.96. The maximum atomic E-state index is 4.24. The van der Waals surface area contributed by atoms with Crippen LogP contribution in [0.4, 0.5) is 0 Å². The summed E-state index contributed by atoms with van der Waals surface area (Å²) in [5, 5.41) is 0. The van der Waals surface area contributed by atoms with Crippen molar-refractivity contribution >= 4 is 0 Å². The average molecular weight is 409 g/mol. The summed E-state index contributed by atoms with van der Waals surface area (Å²) >= 11 is 0. The maximum Gasteiger partial charge on any atom is -0.00779 e. The van der Waals surface area contributed by atoms with Crippen molar-refractivity contribution in [3.8, 4) is 0 Å². The molecule has 0 aromatic heterocycles. The van der Waals surface area contributed by atoms with Crippen LogP contribution in [-0.4, -0.2) is 0 Å². The summed E-state index contributed by atoms with van der Waals surface area (Å²) in [5.41, 5.74) is 7.88. The first-order valence-electron chi connectivity index (χ1n) is 12.2. The first-order valence-corrected chi connectivity index (χ1v) is 12.2. The van der Waals surface area contributed by atoms with Gasteiger partial charge in [0.25, 0.3) is 0 Å². The Balaban J connectivity index is 2.49. The lowest BCUT2D eigenvalue weighted by atomic mass is 9.70. The molecule has 0 saturated carbocycles. The van der Waals surface area contributed by atoms with Gasteiger partial charge in [-0.25, -0.2) is 0 Å². The molecule has 0 nitrogen and oxygen atoms in total. The van der Waals surface area contributed by atoms with Crippen molar-refractivity contribution in [2.45, 2.75) is 112 Å². The van der Waals surface area contributed by atoms with Crippen LogP contribution in [0.3, 0.4) is 0 Å². The molecule has 0 radical (unpaired) electrons. The molecule has 0 spiro atoms. The first kappa shape index (κ1) is 26.5. The fraction of sp³-hybridized carbons (Fsp3) is 0.600. The Bertz CT molecular complexity index is 669. The molecule has 0 heteroatoms. The van der Waals surface area contributed by atoms with Crippen molar-refractivity contribution < 1.29 is 0 Å². The van der Waals surface area contributed by atoms with E-state index in [1.165, 1.54) is 92.9 Å². The van der Waals surface area contributed by atoms with E-state index in [9.17, 15) is 0 Å². The molecule has 30 heavy (non-hydrogen) atoms. The van der Waals surface area contributed by atoms with Gasteiger partial charge in [0.05, 0.1) is 0 Å². The molecule has 0 aromatic rings. The molecule has 0 bridgehead atoms. The van der Waals surface area contributed by atoms with E-state index in [2.05, 4.69) is 84.6 Å². The Hall–Kier alpha value is -1.56. The maximum absolute atomic E-state index is 4.24. The van der Waals surface area contributed by atoms with E-state index >= 15 is 0 Å². The van der Waals surface area contributed by atoms with Crippen LogP contribution in [-0.2, 0) is 0 Å². The quantitative estimate of drug-likeness (QED) is 0.266. The number of hydrogen-bond acceptors (Lipinski definition) is 0. The molecule has 0 fully saturated rings. The van der Waals surface area contributed by atoms with Gasteiger partial charge in [-0.1, -0.05) is 64.3 Å². The minimum atomic E-state index is 0.309. The van der Waals surface area contributed by atoms with Crippen molar-refractivity contribution in [2.24, 2.45) is 5.41 Å². The van der Waals surface area contributed by atoms with Crippen LogP contribution in [0.15, 0.2) is 70.9 Å². The summed E-state index contributed by atoms with van der Waals surface area (Å²) in [4.78, 5) is 0. The summed E-state index contributed by atoms with van der Waals surface area (Å²) in [5.74, 6) is 0. The normalized spacial score (nSPS) is 19.9. The van der Waals surface area contributed by atoms with Crippen LogP contribution in [0.1, 0.15) is 112 Å². The van der Waals surface area contributed by atoms with E-state index in [0.717, 1.165) is 0 Å². The van der Waals surface area contributed by atoms with Crippen LogP contribution in [0.2, 0.25) is 0 Å². The SMILES string of the molecule is C=CC1(CC/C=C(\C)CCC=C(C)C)CCC=C(CC/C=C(\C)CCC=C(C)C)C1. The molecule has 1 atom stereocenters. The van der Waals surface area contributed by atoms with Crippen molar-refractivity contribution in [1.29, 1.82) is 0 Å². The average Bonchev–Trinajstić information content (AvgIpc) is 2.67. The fourth-order valence-electron chi connectivity index (χ4n) is 4.35. The Morgan fingerprint density at radius 3 is 1.93 bits per heavy atom. The highest BCUT2D eigenvalue weighted by atomic mass is 14.3. The molecule has 1 unspecified atom stereocenters. The van der Waals surface area contributed by atoms with Gasteiger partial charge >= 0.3 is 0 Å². The van der Waals surface area contributed by atoms with Crippen LogP contribution in [0.25, 0.3) is 0 Å². The van der Waals surface area contributed by atoms with Gasteiger partial charge in [-0.15, -0.1) is 6.58 Å². The molecule has 1 aliphatic carbocycles. The first-order chi connectivity index (χ1) is 14.3. The Kier molecular flexibility index (Phi) is 12.7. The minimum Gasteiger partial charge on any atom is -0.103 e. The Morgan fingerprint density at radius 2 is 1.40 bits per heavy atom. The van der Waals surface area contributed by atoms with Gasteiger partial charge in [0.1, 0.15) is 0 Å². The Morgan fingerprint density at radius 1 is 0.833 bits per heavy atom. The van der Waals surface area contributed by atoms with E-state index in [1.807, 2.05) is 0 Å². The molecule has 1 rings (SSSR count). The van der Waals surface area contributed by atoms with Crippen LogP contribution in [0.5, 0.6) is 0 Å². The van der Waals surface area contributed by atoms with Gasteiger partial charge in [0.15, 0.2) is 0 Å². The third kappa shape index (κ3) is 11.6. The van der Waals surface area contributed by atoms with Crippen LogP contribution < -0.4 is 0 Å². The van der Waals surface area contributed by atoms with Gasteiger partial charge in [-0.05, 0) is 118 Å². The van der Waals surface area contributed by atoms with Gasteiger partial charge in [-0.3, -0.25) is 0 Å². The van der Waals surface area contributed by atoms with Gasteiger partial charge in [-0.2, -0.15) is 0 Å². The molecule has 0 aliphatic heterocycles. The van der Waals surface area contributed by atoms with Crippen molar-refractivity contribution in [1.82, 2.24) is 0 Å². The lowest BCUT2D eigenvalue weighted by molar-refractivity contribution is 0.308. The second-order valence-electron chi connectivity index (χ2n) is 9.96. The lowest BCUT2D eigenvalue weighted by Gasteiger charge is -2.35. The van der Waals surface area contributed by atoms with Gasteiger partial charge in [0.2, 0.25) is 0 Å². The number of rotatable bonds is 13. The van der Waals surface area contributed by atoms with E-state index in [-0.39, 0.29) is 0 Å². The van der Waals surface area contributed by atoms with Crippen molar-refractivity contribution in [2.75, 3.05) is 0 Å². The highest BCUT2D eigenvalue weighted by Crippen LogP contribution is 2.42. The summed E-state index contributed by atoms with van der Waals surface area (Å²) in [6.45, 7) is 17.5. The largest absolute Gasteiger partial charge is 0.103 e. The third-order valence-electron chi connectivity index (χ3n) is 6.36. The molecule has 0 aromatic carbocycles. The smallest absolute Gasteiger partial charge is 0.00779 e. The molecule has 1 aliphatic rings. The topological polar surface area (TPSA) is 0 Å². The van der Waals surface area contributed by atoms with Crippen molar-refractivity contribution in [3.05, 3.63) is 70.9 Å². The third-order valence-corrected chi connectivity index (χ3v) is 6.36. The zero-order valence-corrected chi connectivity index (χ0v) is 20.9. The lowest BCUT2D eigenvalue weighted by Crippen LogP contribution is -2.21. The fourth-order valence-corrected chi connectivity index (χ4v) is 4.35. The monoisotopic (exact) mass is 408 g/mol. The minimum absolute atomic E-state index is 0.309. The van der Waals surface area contributed by atoms with Crippen LogP contribution in [0, 0.1) is 5.41 Å². The zero-order chi connectivity index (χ0) is 22.4. The van der Waals surface area contributed by atoms with Crippen molar-refractivity contribution in [3.63, 3.8) is 0 Å². The Labute approximate surface area is 188 Å². The summed E-state index contributed by atoms with van der Waals surface area (Å²) in [6.07, 6.45) is 27.7. The van der Waals surface area contributed by atoms with E-state index in [4.69, 9.17) is 0 Å². The summed E-state index contributed by atoms with van der Waals surface area (Å²) < 4.78 is 0. The van der Waals surface area contributed by atoms with Crippen LogP contribution >= 0.6 is 0 Å². The number of allylic oxidation sites excluding steroid dienone is 11. The zero-order valence-electron chi connectivity index (χ0n) is 20.9. The van der Waals surface area contributed by atoms with E-state index < -0.39 is 0 Å². The molecule has 0 amide bonds. The molecule has 0 saturated heterocycles. The van der Waals surface area contributed by atoms with E-state index in [1.54, 1.807) is 5.57 Å². The predicted molar refractivity (Wildman–Crippen MR) is 138 cm³/mol. The highest BCUT2D eigenvalue weighted by molar-refractivity contribution is 5.17. The highest BCUT2D eigenvalue weighted by Gasteiger charge is 2.28.